The molecule has 0 aliphatic heterocycles. The van der Waals surface area contributed by atoms with Crippen LogP contribution in [0.2, 0.25) is 5.02 Å². The van der Waals surface area contributed by atoms with E-state index in [4.69, 9.17) is 16.3 Å². The van der Waals surface area contributed by atoms with Crippen molar-refractivity contribution in [2.75, 3.05) is 6.61 Å². The van der Waals surface area contributed by atoms with Gasteiger partial charge in [-0.05, 0) is 30.2 Å². The Morgan fingerprint density at radius 3 is 2.17 bits per heavy atom. The molecule has 8 heteroatoms. The lowest BCUT2D eigenvalue weighted by Crippen LogP contribution is -2.46. The first kappa shape index (κ1) is 22.1. The number of benzene rings is 2. The summed E-state index contributed by atoms with van der Waals surface area (Å²) in [5.74, 6) is -2.99. The summed E-state index contributed by atoms with van der Waals surface area (Å²) in [5.41, 5.74) is 0.526. The number of rotatable bonds is 7. The number of nitrogens with one attached hydrogen (secondary N) is 2. The average Bonchev–Trinajstić information content (AvgIpc) is 2.70. The Balaban J connectivity index is 1.92. The molecule has 0 aliphatic rings. The van der Waals surface area contributed by atoms with Gasteiger partial charge in [0.05, 0.1) is 10.6 Å². The summed E-state index contributed by atoms with van der Waals surface area (Å²) in [6.45, 7) is 2.79. The zero-order chi connectivity index (χ0) is 21.4. The first-order valence-electron chi connectivity index (χ1n) is 8.91. The molecule has 0 radical (unpaired) electrons. The lowest BCUT2D eigenvalue weighted by atomic mass is 10.0. The Kier molecular flexibility index (Phi) is 7.91. The van der Waals surface area contributed by atoms with Gasteiger partial charge < -0.3 is 10.1 Å². The monoisotopic (exact) mass is 416 g/mol. The van der Waals surface area contributed by atoms with Crippen LogP contribution in [0.5, 0.6) is 0 Å². The Hall–Kier alpha value is -3.19. The van der Waals surface area contributed by atoms with Gasteiger partial charge in [-0.25, -0.2) is 4.79 Å². The molecule has 2 N–H and O–H groups in total. The average molecular weight is 417 g/mol. The maximum absolute atomic E-state index is 12.4. The summed E-state index contributed by atoms with van der Waals surface area (Å²) < 4.78 is 4.98. The predicted molar refractivity (Wildman–Crippen MR) is 107 cm³/mol. The Morgan fingerprint density at radius 1 is 0.931 bits per heavy atom. The van der Waals surface area contributed by atoms with Gasteiger partial charge in [0.15, 0.2) is 6.61 Å². The van der Waals surface area contributed by atoms with Crippen LogP contribution in [0, 0.1) is 5.92 Å². The van der Waals surface area contributed by atoms with Crippen LogP contribution in [0.15, 0.2) is 54.6 Å². The van der Waals surface area contributed by atoms with Crippen LogP contribution in [-0.4, -0.2) is 36.3 Å². The topological polar surface area (TPSA) is 102 Å². The standard InChI is InChI=1S/C21H21ClN2O5/c1-13(2)18(24-20(27)15-10-6-7-11-16(15)22)21(28)29-12-17(25)23-19(26)14-8-4-3-5-9-14/h3-11,13,18H,12H2,1-2H3,(H,24,27)(H,23,25,26). The van der Waals surface area contributed by atoms with Crippen molar-refractivity contribution in [1.82, 2.24) is 10.6 Å². The van der Waals surface area contributed by atoms with Gasteiger partial charge in [0, 0.05) is 5.56 Å². The van der Waals surface area contributed by atoms with Crippen molar-refractivity contribution in [2.45, 2.75) is 19.9 Å². The summed E-state index contributed by atoms with van der Waals surface area (Å²) in [5, 5.41) is 4.95. The van der Waals surface area contributed by atoms with E-state index in [1.54, 1.807) is 62.4 Å². The molecule has 7 nitrogen and oxygen atoms in total. The summed E-state index contributed by atoms with van der Waals surface area (Å²) in [4.78, 5) is 48.6. The minimum absolute atomic E-state index is 0.221. The number of esters is 1. The van der Waals surface area contributed by atoms with E-state index in [9.17, 15) is 19.2 Å². The van der Waals surface area contributed by atoms with E-state index in [-0.39, 0.29) is 16.5 Å². The van der Waals surface area contributed by atoms with E-state index in [2.05, 4.69) is 10.6 Å². The number of imide groups is 1. The fraction of sp³-hybridized carbons (Fsp3) is 0.238. The van der Waals surface area contributed by atoms with E-state index in [1.165, 1.54) is 6.07 Å². The normalized spacial score (nSPS) is 11.4. The molecule has 1 atom stereocenters. The van der Waals surface area contributed by atoms with Gasteiger partial charge in [-0.1, -0.05) is 55.8 Å². The lowest BCUT2D eigenvalue weighted by Gasteiger charge is -2.21. The highest BCUT2D eigenvalue weighted by Crippen LogP contribution is 2.15. The molecule has 0 saturated heterocycles. The van der Waals surface area contributed by atoms with Gasteiger partial charge in [-0.3, -0.25) is 19.7 Å². The third-order valence-electron chi connectivity index (χ3n) is 3.96. The largest absolute Gasteiger partial charge is 0.454 e. The SMILES string of the molecule is CC(C)C(NC(=O)c1ccccc1Cl)C(=O)OCC(=O)NC(=O)c1ccccc1. The van der Waals surface area contributed by atoms with E-state index >= 15 is 0 Å². The lowest BCUT2D eigenvalue weighted by molar-refractivity contribution is -0.151. The molecule has 0 saturated carbocycles. The zero-order valence-electron chi connectivity index (χ0n) is 16.0. The third kappa shape index (κ3) is 6.43. The Labute approximate surface area is 173 Å². The fourth-order valence-corrected chi connectivity index (χ4v) is 2.63. The molecule has 2 rings (SSSR count). The molecule has 29 heavy (non-hydrogen) atoms. The van der Waals surface area contributed by atoms with Crippen molar-refractivity contribution in [3.63, 3.8) is 0 Å². The Bertz CT molecular complexity index is 899. The van der Waals surface area contributed by atoms with Crippen molar-refractivity contribution in [3.8, 4) is 0 Å². The van der Waals surface area contributed by atoms with Crippen molar-refractivity contribution in [2.24, 2.45) is 5.92 Å². The molecule has 0 heterocycles. The fourth-order valence-electron chi connectivity index (χ4n) is 2.41. The minimum Gasteiger partial charge on any atom is -0.454 e. The van der Waals surface area contributed by atoms with Gasteiger partial charge in [-0.15, -0.1) is 0 Å². The van der Waals surface area contributed by atoms with Gasteiger partial charge in [0.1, 0.15) is 6.04 Å². The van der Waals surface area contributed by atoms with E-state index in [0.29, 0.717) is 5.56 Å². The highest BCUT2D eigenvalue weighted by Gasteiger charge is 2.27. The summed E-state index contributed by atoms with van der Waals surface area (Å²) in [6, 6.07) is 13.6. The molecular formula is C21H21ClN2O5. The second kappa shape index (κ2) is 10.4. The summed E-state index contributed by atoms with van der Waals surface area (Å²) in [6.07, 6.45) is 0. The molecule has 0 spiro atoms. The molecule has 0 aromatic heterocycles. The van der Waals surface area contributed by atoms with Crippen LogP contribution in [-0.2, 0) is 14.3 Å². The zero-order valence-corrected chi connectivity index (χ0v) is 16.7. The van der Waals surface area contributed by atoms with Gasteiger partial charge in [-0.2, -0.15) is 0 Å². The number of hydrogen-bond donors (Lipinski definition) is 2. The summed E-state index contributed by atoms with van der Waals surface area (Å²) >= 11 is 6.00. The number of carbonyl (C=O) groups is 4. The van der Waals surface area contributed by atoms with Gasteiger partial charge in [0.2, 0.25) is 0 Å². The molecule has 2 aromatic carbocycles. The van der Waals surface area contributed by atoms with Crippen molar-refractivity contribution < 1.29 is 23.9 Å². The molecule has 1 unspecified atom stereocenters. The molecule has 0 fully saturated rings. The maximum Gasteiger partial charge on any atom is 0.329 e. The predicted octanol–water partition coefficient (Wildman–Crippen LogP) is 2.59. The third-order valence-corrected chi connectivity index (χ3v) is 4.29. The van der Waals surface area contributed by atoms with Crippen LogP contribution in [0.1, 0.15) is 34.6 Å². The first-order valence-corrected chi connectivity index (χ1v) is 9.28. The molecule has 2 aromatic rings. The van der Waals surface area contributed by atoms with E-state index < -0.39 is 36.3 Å². The van der Waals surface area contributed by atoms with Crippen LogP contribution >= 0.6 is 11.6 Å². The Morgan fingerprint density at radius 2 is 1.55 bits per heavy atom. The van der Waals surface area contributed by atoms with E-state index in [1.807, 2.05) is 0 Å². The maximum atomic E-state index is 12.4. The molecule has 0 bridgehead atoms. The highest BCUT2D eigenvalue weighted by molar-refractivity contribution is 6.33. The highest BCUT2D eigenvalue weighted by atomic mass is 35.5. The van der Waals surface area contributed by atoms with Crippen LogP contribution in [0.3, 0.4) is 0 Å². The number of amides is 3. The first-order chi connectivity index (χ1) is 13.8. The molecule has 152 valence electrons. The van der Waals surface area contributed by atoms with Crippen LogP contribution in [0.25, 0.3) is 0 Å². The van der Waals surface area contributed by atoms with E-state index in [0.717, 1.165) is 0 Å². The molecule has 0 aliphatic carbocycles. The van der Waals surface area contributed by atoms with Gasteiger partial charge >= 0.3 is 5.97 Å². The summed E-state index contributed by atoms with van der Waals surface area (Å²) in [7, 11) is 0. The van der Waals surface area contributed by atoms with Crippen molar-refractivity contribution in [3.05, 3.63) is 70.7 Å². The molecular weight excluding hydrogens is 396 g/mol. The second-order valence-electron chi connectivity index (χ2n) is 6.53. The quantitative estimate of drug-likeness (QED) is 0.675. The second-order valence-corrected chi connectivity index (χ2v) is 6.93. The number of carbonyl (C=O) groups excluding carboxylic acids is 4. The minimum atomic E-state index is -0.989. The number of hydrogen-bond acceptors (Lipinski definition) is 5. The van der Waals surface area contributed by atoms with Crippen molar-refractivity contribution >= 4 is 35.3 Å². The molecule has 3 amide bonds. The van der Waals surface area contributed by atoms with Gasteiger partial charge in [0.25, 0.3) is 17.7 Å². The van der Waals surface area contributed by atoms with Crippen LogP contribution < -0.4 is 10.6 Å². The number of ether oxygens (including phenoxy) is 1. The van der Waals surface area contributed by atoms with Crippen LogP contribution in [0.4, 0.5) is 0 Å². The number of halogens is 1. The smallest absolute Gasteiger partial charge is 0.329 e. The van der Waals surface area contributed by atoms with Crippen molar-refractivity contribution in [1.29, 1.82) is 0 Å².